The highest BCUT2D eigenvalue weighted by Gasteiger charge is 2.32. The van der Waals surface area contributed by atoms with Crippen molar-refractivity contribution in [2.24, 2.45) is 0 Å². The van der Waals surface area contributed by atoms with Crippen molar-refractivity contribution < 1.29 is 29.3 Å². The van der Waals surface area contributed by atoms with Gasteiger partial charge in [0.15, 0.2) is 0 Å². The second-order valence-electron chi connectivity index (χ2n) is 11.2. The van der Waals surface area contributed by atoms with E-state index in [0.717, 1.165) is 51.4 Å². The maximum atomic E-state index is 12.4. The standard InChI is InChI=1S/C30H50O6/c1-7-9-11-13-18-35-27(33)16-15-17-29(3,4)23-20-26(32)24(21-25(23)31)30(5,6)22-28(34)36-19-14-12-10-8-2/h20-21,31-32H,7-19,22H2,1-6H3. The lowest BCUT2D eigenvalue weighted by molar-refractivity contribution is -0.145. The molecule has 0 aliphatic carbocycles. The highest BCUT2D eigenvalue weighted by Crippen LogP contribution is 2.43. The molecule has 2 N–H and O–H groups in total. The van der Waals surface area contributed by atoms with Crippen LogP contribution in [-0.2, 0) is 29.9 Å². The number of carbonyl (C=O) groups excluding carboxylic acids is 2. The van der Waals surface area contributed by atoms with Crippen LogP contribution in [-0.4, -0.2) is 35.4 Å². The number of hydrogen-bond acceptors (Lipinski definition) is 6. The lowest BCUT2D eigenvalue weighted by atomic mass is 9.76. The van der Waals surface area contributed by atoms with Gasteiger partial charge in [0, 0.05) is 23.0 Å². The van der Waals surface area contributed by atoms with Crippen molar-refractivity contribution in [1.82, 2.24) is 0 Å². The van der Waals surface area contributed by atoms with Gasteiger partial charge in [-0.2, -0.15) is 0 Å². The topological polar surface area (TPSA) is 93.1 Å². The molecule has 0 spiro atoms. The molecule has 6 nitrogen and oxygen atoms in total. The van der Waals surface area contributed by atoms with Crippen LogP contribution in [0.25, 0.3) is 0 Å². The third-order valence-corrected chi connectivity index (χ3v) is 6.86. The van der Waals surface area contributed by atoms with Gasteiger partial charge in [-0.1, -0.05) is 80.1 Å². The van der Waals surface area contributed by atoms with Crippen LogP contribution in [0.3, 0.4) is 0 Å². The van der Waals surface area contributed by atoms with Crippen LogP contribution >= 0.6 is 0 Å². The minimum absolute atomic E-state index is 0.0445. The first kappa shape index (κ1) is 31.8. The molecule has 0 saturated heterocycles. The molecule has 1 aromatic carbocycles. The molecule has 1 aromatic rings. The monoisotopic (exact) mass is 506 g/mol. The third kappa shape index (κ3) is 11.2. The highest BCUT2D eigenvalue weighted by molar-refractivity contribution is 5.72. The number of benzene rings is 1. The normalized spacial score (nSPS) is 11.9. The Labute approximate surface area is 218 Å². The largest absolute Gasteiger partial charge is 0.508 e. The first-order valence-corrected chi connectivity index (χ1v) is 13.8. The van der Waals surface area contributed by atoms with Gasteiger partial charge in [0.2, 0.25) is 0 Å². The Bertz CT molecular complexity index is 812. The Morgan fingerprint density at radius 1 is 0.694 bits per heavy atom. The molecular weight excluding hydrogens is 456 g/mol. The van der Waals surface area contributed by atoms with Crippen LogP contribution in [0, 0.1) is 0 Å². The van der Waals surface area contributed by atoms with Crippen LogP contribution in [0.15, 0.2) is 12.1 Å². The number of hydrogen-bond donors (Lipinski definition) is 2. The van der Waals surface area contributed by atoms with E-state index in [4.69, 9.17) is 9.47 Å². The van der Waals surface area contributed by atoms with Gasteiger partial charge in [-0.3, -0.25) is 9.59 Å². The minimum atomic E-state index is -0.703. The van der Waals surface area contributed by atoms with Crippen LogP contribution < -0.4 is 0 Å². The predicted octanol–water partition coefficient (Wildman–Crippen LogP) is 7.46. The zero-order chi connectivity index (χ0) is 27.2. The Balaban J connectivity index is 2.70. The maximum Gasteiger partial charge on any atom is 0.306 e. The Morgan fingerprint density at radius 2 is 1.17 bits per heavy atom. The van der Waals surface area contributed by atoms with Gasteiger partial charge in [-0.15, -0.1) is 0 Å². The predicted molar refractivity (Wildman–Crippen MR) is 144 cm³/mol. The zero-order valence-electron chi connectivity index (χ0n) is 23.6. The molecule has 0 bridgehead atoms. The summed E-state index contributed by atoms with van der Waals surface area (Å²) in [6.07, 6.45) is 10.1. The van der Waals surface area contributed by atoms with Crippen molar-refractivity contribution in [1.29, 1.82) is 0 Å². The van der Waals surface area contributed by atoms with Crippen molar-refractivity contribution >= 4 is 11.9 Å². The number of carbonyl (C=O) groups is 2. The Hall–Kier alpha value is -2.24. The fourth-order valence-corrected chi connectivity index (χ4v) is 4.48. The molecule has 0 aliphatic rings. The number of esters is 2. The van der Waals surface area contributed by atoms with Gasteiger partial charge in [0.1, 0.15) is 11.5 Å². The summed E-state index contributed by atoms with van der Waals surface area (Å²) in [4.78, 5) is 24.4. The van der Waals surface area contributed by atoms with Crippen molar-refractivity contribution in [2.75, 3.05) is 13.2 Å². The van der Waals surface area contributed by atoms with Crippen LogP contribution in [0.4, 0.5) is 0 Å². The van der Waals surface area contributed by atoms with Crippen LogP contribution in [0.1, 0.15) is 130 Å². The Kier molecular flexibility index (Phi) is 13.9. The quantitative estimate of drug-likeness (QED) is 0.122. The molecular formula is C30H50O6. The summed E-state index contributed by atoms with van der Waals surface area (Å²) in [6.45, 7) is 12.8. The number of phenolic OH excluding ortho intramolecular Hbond substituents is 2. The van der Waals surface area contributed by atoms with Crippen molar-refractivity contribution in [3.8, 4) is 11.5 Å². The summed E-state index contributed by atoms with van der Waals surface area (Å²) in [6, 6.07) is 3.15. The summed E-state index contributed by atoms with van der Waals surface area (Å²) < 4.78 is 10.7. The lowest BCUT2D eigenvalue weighted by Gasteiger charge is -2.30. The van der Waals surface area contributed by atoms with Crippen LogP contribution in [0.2, 0.25) is 0 Å². The molecule has 6 heteroatoms. The van der Waals surface area contributed by atoms with Crippen LogP contribution in [0.5, 0.6) is 11.5 Å². The lowest BCUT2D eigenvalue weighted by Crippen LogP contribution is -2.24. The Morgan fingerprint density at radius 3 is 1.67 bits per heavy atom. The van der Waals surface area contributed by atoms with Gasteiger partial charge < -0.3 is 19.7 Å². The third-order valence-electron chi connectivity index (χ3n) is 6.86. The number of phenols is 2. The summed E-state index contributed by atoms with van der Waals surface area (Å²) in [5.74, 6) is -0.379. The summed E-state index contributed by atoms with van der Waals surface area (Å²) in [5.41, 5.74) is -0.0329. The average Bonchev–Trinajstić information content (AvgIpc) is 2.79. The summed E-state index contributed by atoms with van der Waals surface area (Å²) in [5, 5.41) is 21.7. The average molecular weight is 507 g/mol. The molecule has 0 radical (unpaired) electrons. The van der Waals surface area contributed by atoms with E-state index in [9.17, 15) is 19.8 Å². The van der Waals surface area contributed by atoms with E-state index in [1.807, 2.05) is 27.7 Å². The second-order valence-corrected chi connectivity index (χ2v) is 11.2. The molecule has 0 aliphatic heterocycles. The molecule has 0 atom stereocenters. The van der Waals surface area contributed by atoms with Gasteiger partial charge in [0.25, 0.3) is 0 Å². The van der Waals surface area contributed by atoms with E-state index in [-0.39, 0.29) is 29.9 Å². The zero-order valence-corrected chi connectivity index (χ0v) is 23.6. The number of unbranched alkanes of at least 4 members (excludes halogenated alkanes) is 6. The van der Waals surface area contributed by atoms with Gasteiger partial charge in [0.05, 0.1) is 19.6 Å². The molecule has 206 valence electrons. The van der Waals surface area contributed by atoms with Crippen molar-refractivity contribution in [3.63, 3.8) is 0 Å². The fraction of sp³-hybridized carbons (Fsp3) is 0.733. The molecule has 0 heterocycles. The molecule has 0 amide bonds. The second kappa shape index (κ2) is 15.8. The molecule has 1 rings (SSSR count). The van der Waals surface area contributed by atoms with Gasteiger partial charge in [-0.05, 0) is 43.2 Å². The van der Waals surface area contributed by atoms with Crippen molar-refractivity contribution in [2.45, 2.75) is 129 Å². The number of rotatable bonds is 18. The highest BCUT2D eigenvalue weighted by atomic mass is 16.5. The summed E-state index contributed by atoms with van der Waals surface area (Å²) >= 11 is 0. The smallest absolute Gasteiger partial charge is 0.306 e. The van der Waals surface area contributed by atoms with E-state index < -0.39 is 10.8 Å². The first-order valence-electron chi connectivity index (χ1n) is 13.8. The molecule has 0 unspecified atom stereocenters. The molecule has 36 heavy (non-hydrogen) atoms. The van der Waals surface area contributed by atoms with E-state index >= 15 is 0 Å². The maximum absolute atomic E-state index is 12.4. The minimum Gasteiger partial charge on any atom is -0.508 e. The summed E-state index contributed by atoms with van der Waals surface area (Å²) in [7, 11) is 0. The van der Waals surface area contributed by atoms with Crippen molar-refractivity contribution in [3.05, 3.63) is 23.3 Å². The first-order chi connectivity index (χ1) is 16.9. The SMILES string of the molecule is CCCCCCOC(=O)CCCC(C)(C)c1cc(O)c(C(C)(C)CC(=O)OCCCCCC)cc1O. The van der Waals surface area contributed by atoms with E-state index in [1.165, 1.54) is 0 Å². The van der Waals surface area contributed by atoms with Gasteiger partial charge >= 0.3 is 11.9 Å². The molecule has 0 aromatic heterocycles. The molecule has 0 fully saturated rings. The molecule has 0 saturated carbocycles. The van der Waals surface area contributed by atoms with E-state index in [2.05, 4.69) is 13.8 Å². The fourth-order valence-electron chi connectivity index (χ4n) is 4.48. The van der Waals surface area contributed by atoms with E-state index in [1.54, 1.807) is 12.1 Å². The van der Waals surface area contributed by atoms with E-state index in [0.29, 0.717) is 43.6 Å². The number of ether oxygens (including phenoxy) is 2. The van der Waals surface area contributed by atoms with Gasteiger partial charge in [-0.25, -0.2) is 0 Å². The number of aromatic hydroxyl groups is 2.